The Labute approximate surface area is 214 Å². The molecule has 2 saturated heterocycles. The van der Waals surface area contributed by atoms with Crippen LogP contribution in [0.2, 0.25) is 0 Å². The molecule has 2 amide bonds. The van der Waals surface area contributed by atoms with Crippen LogP contribution in [0.1, 0.15) is 24.3 Å². The molecule has 0 aliphatic carbocycles. The first-order valence-electron chi connectivity index (χ1n) is 11.8. The Bertz CT molecular complexity index is 1240. The molecule has 9 nitrogen and oxygen atoms in total. The average molecular weight is 540 g/mol. The zero-order valence-electron chi connectivity index (χ0n) is 20.2. The fourth-order valence-electron chi connectivity index (χ4n) is 4.49. The van der Waals surface area contributed by atoms with Gasteiger partial charge in [0.25, 0.3) is 0 Å². The number of alkyl halides is 4. The third-order valence-corrected chi connectivity index (χ3v) is 6.43. The van der Waals surface area contributed by atoms with E-state index in [0.717, 1.165) is 24.1 Å². The Morgan fingerprint density at radius 1 is 1.08 bits per heavy atom. The van der Waals surface area contributed by atoms with Gasteiger partial charge < -0.3 is 33.9 Å². The molecule has 0 aromatic heterocycles. The molecule has 5 rings (SSSR count). The highest BCUT2D eigenvalue weighted by atomic mass is 19.3. The lowest BCUT2D eigenvalue weighted by Crippen LogP contribution is -2.52. The van der Waals surface area contributed by atoms with E-state index >= 15 is 0 Å². The molecule has 0 radical (unpaired) electrons. The predicted molar refractivity (Wildman–Crippen MR) is 123 cm³/mol. The number of ether oxygens (including phenoxy) is 5. The van der Waals surface area contributed by atoms with Gasteiger partial charge in [-0.3, -0.25) is 9.59 Å². The van der Waals surface area contributed by atoms with E-state index in [1.807, 2.05) is 12.1 Å². The highest BCUT2D eigenvalue weighted by molar-refractivity contribution is 5.95. The van der Waals surface area contributed by atoms with Gasteiger partial charge in [-0.2, -0.15) is 17.6 Å². The van der Waals surface area contributed by atoms with Crippen LogP contribution in [-0.4, -0.2) is 68.4 Å². The van der Waals surface area contributed by atoms with Gasteiger partial charge in [-0.1, -0.05) is 6.07 Å². The lowest BCUT2D eigenvalue weighted by atomic mass is 9.98. The van der Waals surface area contributed by atoms with Crippen molar-refractivity contribution in [3.05, 3.63) is 42.0 Å². The monoisotopic (exact) mass is 540 g/mol. The lowest BCUT2D eigenvalue weighted by Gasteiger charge is -2.31. The Kier molecular flexibility index (Phi) is 6.72. The summed E-state index contributed by atoms with van der Waals surface area (Å²) < 4.78 is 78.5. The van der Waals surface area contributed by atoms with Gasteiger partial charge in [0.05, 0.1) is 26.9 Å². The van der Waals surface area contributed by atoms with Crippen LogP contribution < -0.4 is 24.3 Å². The second kappa shape index (κ2) is 9.86. The summed E-state index contributed by atoms with van der Waals surface area (Å²) in [6, 6.07) is 8.55. The predicted octanol–water partition coefficient (Wildman–Crippen LogP) is 3.77. The summed E-state index contributed by atoms with van der Waals surface area (Å²) >= 11 is 0. The minimum Gasteiger partial charge on any atom is -0.493 e. The molecule has 0 saturated carbocycles. The first-order chi connectivity index (χ1) is 18.0. The number of hydrogen-bond donors (Lipinski definition) is 1. The van der Waals surface area contributed by atoms with Crippen molar-refractivity contribution in [1.29, 1.82) is 0 Å². The molecule has 0 bridgehead atoms. The zero-order valence-corrected chi connectivity index (χ0v) is 20.2. The van der Waals surface area contributed by atoms with Crippen LogP contribution in [0, 0.1) is 0 Å². The van der Waals surface area contributed by atoms with E-state index < -0.39 is 29.6 Å². The van der Waals surface area contributed by atoms with Crippen LogP contribution >= 0.6 is 0 Å². The normalized spacial score (nSPS) is 23.3. The molecule has 204 valence electrons. The average Bonchev–Trinajstić information content (AvgIpc) is 3.49. The third-order valence-electron chi connectivity index (χ3n) is 6.43. The van der Waals surface area contributed by atoms with Crippen LogP contribution in [-0.2, 0) is 14.3 Å². The lowest BCUT2D eigenvalue weighted by molar-refractivity contribution is -0.391. The Morgan fingerprint density at radius 2 is 1.84 bits per heavy atom. The molecule has 3 heterocycles. The van der Waals surface area contributed by atoms with Gasteiger partial charge in [-0.25, -0.2) is 0 Å². The maximum absolute atomic E-state index is 13.5. The molecule has 3 aliphatic heterocycles. The fourth-order valence-corrected chi connectivity index (χ4v) is 4.49. The summed E-state index contributed by atoms with van der Waals surface area (Å²) in [6.07, 6.45) is -8.86. The Balaban J connectivity index is 1.22. The van der Waals surface area contributed by atoms with E-state index in [9.17, 15) is 27.2 Å². The van der Waals surface area contributed by atoms with E-state index in [1.54, 1.807) is 6.07 Å². The van der Waals surface area contributed by atoms with Crippen molar-refractivity contribution in [3.63, 3.8) is 0 Å². The number of anilines is 1. The Hall–Kier alpha value is -3.74. The van der Waals surface area contributed by atoms with Crippen molar-refractivity contribution >= 4 is 17.5 Å². The van der Waals surface area contributed by atoms with Crippen molar-refractivity contribution in [1.82, 2.24) is 4.90 Å². The van der Waals surface area contributed by atoms with Gasteiger partial charge >= 0.3 is 12.2 Å². The number of methoxy groups -OCH3 is 1. The van der Waals surface area contributed by atoms with E-state index in [4.69, 9.17) is 14.2 Å². The molecular weight excluding hydrogens is 516 g/mol. The number of fused-ring (bicyclic) bond motifs is 1. The van der Waals surface area contributed by atoms with Crippen LogP contribution in [0.3, 0.4) is 0 Å². The van der Waals surface area contributed by atoms with Gasteiger partial charge in [-0.15, -0.1) is 0 Å². The number of hydrogen-bond acceptors (Lipinski definition) is 7. The molecule has 0 unspecified atom stereocenters. The first kappa shape index (κ1) is 25.9. The second-order valence-corrected chi connectivity index (χ2v) is 9.14. The van der Waals surface area contributed by atoms with E-state index in [2.05, 4.69) is 14.8 Å². The maximum Gasteiger partial charge on any atom is 0.507 e. The third kappa shape index (κ3) is 5.15. The van der Waals surface area contributed by atoms with Gasteiger partial charge in [0.1, 0.15) is 6.10 Å². The summed E-state index contributed by atoms with van der Waals surface area (Å²) in [5.74, 6) is -1.18. The number of likely N-dealkylation sites (tertiary alicyclic amines) is 1. The molecule has 0 spiro atoms. The minimum atomic E-state index is -4.88. The quantitative estimate of drug-likeness (QED) is 0.535. The van der Waals surface area contributed by atoms with Gasteiger partial charge in [-0.05, 0) is 29.8 Å². The number of nitrogens with one attached hydrogen (secondary N) is 1. The molecule has 38 heavy (non-hydrogen) atoms. The molecule has 2 atom stereocenters. The summed E-state index contributed by atoms with van der Waals surface area (Å²) in [5.41, 5.74) is 0.856. The number of carbonyl (C=O) groups is 2. The Morgan fingerprint density at radius 3 is 2.55 bits per heavy atom. The molecule has 1 N–H and O–H groups in total. The van der Waals surface area contributed by atoms with Crippen LogP contribution in [0.25, 0.3) is 0 Å². The molecule has 2 fully saturated rings. The standard InChI is InChI=1S/C25H24F4N2O7/c1-34-18-4-2-14(8-20(18)36-17-6-7-35-13-17)15-9-23(33)31(11-15)12-22(32)30-16-3-5-19-21(10-16)38-25(28,29)24(26,27)37-19/h2-5,8,10,15,17H,6-7,9,11-13H2,1H3,(H,30,32)/t15-,17-/m1/s1. The van der Waals surface area contributed by atoms with Gasteiger partial charge in [0, 0.05) is 37.1 Å². The largest absolute Gasteiger partial charge is 0.507 e. The molecule has 3 aliphatic rings. The van der Waals surface area contributed by atoms with E-state index in [0.29, 0.717) is 24.7 Å². The van der Waals surface area contributed by atoms with Crippen molar-refractivity contribution in [2.24, 2.45) is 0 Å². The van der Waals surface area contributed by atoms with Gasteiger partial charge in [0.2, 0.25) is 11.8 Å². The van der Waals surface area contributed by atoms with Gasteiger partial charge in [0.15, 0.2) is 23.0 Å². The molecule has 2 aromatic carbocycles. The number of benzene rings is 2. The number of amides is 2. The number of nitrogens with zero attached hydrogens (tertiary/aromatic N) is 1. The summed E-state index contributed by atoms with van der Waals surface area (Å²) in [6.45, 7) is 1.08. The zero-order chi connectivity index (χ0) is 27.1. The summed E-state index contributed by atoms with van der Waals surface area (Å²) in [5, 5.41) is 2.46. The second-order valence-electron chi connectivity index (χ2n) is 9.14. The summed E-state index contributed by atoms with van der Waals surface area (Å²) in [7, 11) is 1.54. The van der Waals surface area contributed by atoms with Crippen LogP contribution in [0.4, 0.5) is 23.2 Å². The van der Waals surface area contributed by atoms with Crippen molar-refractivity contribution in [3.8, 4) is 23.0 Å². The topological polar surface area (TPSA) is 95.6 Å². The van der Waals surface area contributed by atoms with E-state index in [1.165, 1.54) is 18.1 Å². The SMILES string of the molecule is COc1ccc([C@@H]2CC(=O)N(CC(=O)Nc3ccc4c(c3)OC(F)(F)C(F)(F)O4)C2)cc1O[C@@H]1CCOC1. The highest BCUT2D eigenvalue weighted by Gasteiger charge is 2.65. The minimum absolute atomic E-state index is 0.00870. The van der Waals surface area contributed by atoms with Crippen molar-refractivity contribution in [2.45, 2.75) is 37.1 Å². The van der Waals surface area contributed by atoms with Crippen molar-refractivity contribution in [2.75, 3.05) is 38.7 Å². The molecule has 13 heteroatoms. The maximum atomic E-state index is 13.5. The molecule has 2 aromatic rings. The molecular formula is C25H24F4N2O7. The highest BCUT2D eigenvalue weighted by Crippen LogP contribution is 2.47. The first-order valence-corrected chi connectivity index (χ1v) is 11.8. The number of carbonyl (C=O) groups excluding carboxylic acids is 2. The van der Waals surface area contributed by atoms with Crippen LogP contribution in [0.15, 0.2) is 36.4 Å². The fraction of sp³-hybridized carbons (Fsp3) is 0.440. The van der Waals surface area contributed by atoms with Crippen molar-refractivity contribution < 1.29 is 50.8 Å². The number of halogens is 4. The van der Waals surface area contributed by atoms with Crippen LogP contribution in [0.5, 0.6) is 23.0 Å². The smallest absolute Gasteiger partial charge is 0.493 e. The summed E-state index contributed by atoms with van der Waals surface area (Å²) in [4.78, 5) is 26.6. The van der Waals surface area contributed by atoms with E-state index in [-0.39, 0.29) is 43.1 Å². The number of rotatable bonds is 7.